The number of nitriles is 1. The summed E-state index contributed by atoms with van der Waals surface area (Å²) in [5.74, 6) is 0.662. The first-order valence-electron chi connectivity index (χ1n) is 6.84. The second-order valence-electron chi connectivity index (χ2n) is 4.86. The Morgan fingerprint density at radius 1 is 1.38 bits per heavy atom. The quantitative estimate of drug-likeness (QED) is 0.945. The Kier molecular flexibility index (Phi) is 3.84. The fourth-order valence-corrected chi connectivity index (χ4v) is 3.21. The summed E-state index contributed by atoms with van der Waals surface area (Å²) in [7, 11) is 0. The van der Waals surface area contributed by atoms with E-state index >= 15 is 0 Å². The maximum atomic E-state index is 12.5. The van der Waals surface area contributed by atoms with Crippen LogP contribution in [0.5, 0.6) is 0 Å². The summed E-state index contributed by atoms with van der Waals surface area (Å²) in [5, 5.41) is 14.2. The van der Waals surface area contributed by atoms with Gasteiger partial charge in [-0.3, -0.25) is 9.69 Å². The van der Waals surface area contributed by atoms with Gasteiger partial charge in [0.1, 0.15) is 16.6 Å². The fourth-order valence-electron chi connectivity index (χ4n) is 2.48. The van der Waals surface area contributed by atoms with Crippen molar-refractivity contribution < 1.29 is 9.78 Å². The third-order valence-corrected chi connectivity index (χ3v) is 4.34. The fraction of sp³-hybridized carbons (Fsp3) is 0.267. The summed E-state index contributed by atoms with van der Waals surface area (Å²) >= 11 is 1.36. The molecule has 2 aromatic heterocycles. The lowest BCUT2D eigenvalue weighted by molar-refractivity contribution is -0.364. The van der Waals surface area contributed by atoms with Gasteiger partial charge in [0, 0.05) is 0 Å². The second kappa shape index (κ2) is 5.94. The summed E-state index contributed by atoms with van der Waals surface area (Å²) in [6.07, 6.45) is 4.12. The molecule has 3 rings (SSSR count). The number of anilines is 2. The Morgan fingerprint density at radius 2 is 2.19 bits per heavy atom. The van der Waals surface area contributed by atoms with Crippen LogP contribution in [-0.4, -0.2) is 19.0 Å². The van der Waals surface area contributed by atoms with E-state index in [1.165, 1.54) is 11.3 Å². The van der Waals surface area contributed by atoms with Gasteiger partial charge in [-0.2, -0.15) is 5.26 Å². The molecule has 2 aromatic rings. The first kappa shape index (κ1) is 13.6. The summed E-state index contributed by atoms with van der Waals surface area (Å²) in [6, 6.07) is 7.41. The molecule has 0 radical (unpaired) electrons. The van der Waals surface area contributed by atoms with Crippen LogP contribution in [0.1, 0.15) is 28.8 Å². The molecule has 0 unspecified atom stereocenters. The SMILES string of the molecule is N#Cc1ccsc1NC(=O)c1ccc[nH+]c1N1CCCC1. The Labute approximate surface area is 126 Å². The van der Waals surface area contributed by atoms with Crippen LogP contribution in [0.15, 0.2) is 29.8 Å². The zero-order valence-electron chi connectivity index (χ0n) is 11.4. The first-order valence-corrected chi connectivity index (χ1v) is 7.72. The summed E-state index contributed by atoms with van der Waals surface area (Å²) < 4.78 is 0. The maximum Gasteiger partial charge on any atom is 0.287 e. The van der Waals surface area contributed by atoms with Gasteiger partial charge in [0.15, 0.2) is 0 Å². The standard InChI is InChI=1S/C15H14N4OS/c16-10-11-5-9-21-15(11)18-14(20)12-4-3-6-17-13(12)19-7-1-2-8-19/h3-6,9H,1-2,7-8H2,(H,18,20)/p+1. The minimum atomic E-state index is -0.187. The molecular formula is C15H15N4OS+. The molecule has 2 N–H and O–H groups in total. The number of pyridine rings is 1. The molecule has 6 heteroatoms. The van der Waals surface area contributed by atoms with Crippen LogP contribution in [0.4, 0.5) is 10.8 Å². The molecule has 0 aliphatic carbocycles. The van der Waals surface area contributed by atoms with Gasteiger partial charge < -0.3 is 5.32 Å². The molecule has 1 saturated heterocycles. The van der Waals surface area contributed by atoms with Crippen molar-refractivity contribution in [3.63, 3.8) is 0 Å². The average molecular weight is 299 g/mol. The van der Waals surface area contributed by atoms with Crippen molar-refractivity contribution in [1.29, 1.82) is 5.26 Å². The minimum absolute atomic E-state index is 0.187. The molecule has 21 heavy (non-hydrogen) atoms. The molecule has 1 fully saturated rings. The van der Waals surface area contributed by atoms with E-state index in [0.29, 0.717) is 16.1 Å². The number of amides is 1. The van der Waals surface area contributed by atoms with Crippen LogP contribution >= 0.6 is 11.3 Å². The van der Waals surface area contributed by atoms with E-state index in [1.807, 2.05) is 12.3 Å². The smallest absolute Gasteiger partial charge is 0.287 e. The molecule has 5 nitrogen and oxygen atoms in total. The van der Waals surface area contributed by atoms with Crippen LogP contribution in [0.3, 0.4) is 0 Å². The predicted molar refractivity (Wildman–Crippen MR) is 81.4 cm³/mol. The third-order valence-electron chi connectivity index (χ3n) is 3.51. The molecule has 0 atom stereocenters. The van der Waals surface area contributed by atoms with Crippen molar-refractivity contribution in [3.8, 4) is 6.07 Å². The molecule has 0 bridgehead atoms. The average Bonchev–Trinajstić information content (AvgIpc) is 3.18. The van der Waals surface area contributed by atoms with Gasteiger partial charge in [0.05, 0.1) is 24.8 Å². The number of thiophene rings is 1. The van der Waals surface area contributed by atoms with Crippen molar-refractivity contribution in [2.75, 3.05) is 23.3 Å². The number of carbonyl (C=O) groups excluding carboxylic acids is 1. The van der Waals surface area contributed by atoms with E-state index in [0.717, 1.165) is 31.7 Å². The van der Waals surface area contributed by atoms with Gasteiger partial charge in [-0.05, 0) is 36.4 Å². The number of nitrogens with one attached hydrogen (secondary N) is 2. The zero-order valence-corrected chi connectivity index (χ0v) is 12.2. The zero-order chi connectivity index (χ0) is 14.7. The molecule has 0 aromatic carbocycles. The van der Waals surface area contributed by atoms with Crippen LogP contribution in [0, 0.1) is 11.3 Å². The van der Waals surface area contributed by atoms with E-state index in [4.69, 9.17) is 5.26 Å². The molecule has 106 valence electrons. The van der Waals surface area contributed by atoms with Crippen molar-refractivity contribution in [3.05, 3.63) is 40.9 Å². The number of hydrogen-bond acceptors (Lipinski definition) is 4. The monoisotopic (exact) mass is 299 g/mol. The largest absolute Gasteiger partial charge is 0.312 e. The van der Waals surface area contributed by atoms with Gasteiger partial charge in [0.2, 0.25) is 0 Å². The Hall–Kier alpha value is -2.39. The Bertz CT molecular complexity index is 698. The van der Waals surface area contributed by atoms with Crippen molar-refractivity contribution in [2.24, 2.45) is 0 Å². The summed E-state index contributed by atoms with van der Waals surface area (Å²) in [5.41, 5.74) is 1.10. The number of rotatable bonds is 3. The van der Waals surface area contributed by atoms with Gasteiger partial charge in [-0.25, -0.2) is 4.98 Å². The Morgan fingerprint density at radius 3 is 2.95 bits per heavy atom. The lowest BCUT2D eigenvalue weighted by Crippen LogP contribution is -2.29. The van der Waals surface area contributed by atoms with E-state index in [-0.39, 0.29) is 5.91 Å². The highest BCUT2D eigenvalue weighted by Gasteiger charge is 2.27. The van der Waals surface area contributed by atoms with Crippen LogP contribution in [0.25, 0.3) is 0 Å². The topological polar surface area (TPSA) is 70.3 Å². The van der Waals surface area contributed by atoms with Crippen LogP contribution < -0.4 is 15.2 Å². The van der Waals surface area contributed by atoms with E-state index < -0.39 is 0 Å². The number of nitrogens with zero attached hydrogens (tertiary/aromatic N) is 2. The number of aromatic amines is 1. The molecule has 0 spiro atoms. The molecule has 1 aliphatic rings. The lowest BCUT2D eigenvalue weighted by Gasteiger charge is -2.12. The molecular weight excluding hydrogens is 284 g/mol. The van der Waals surface area contributed by atoms with Crippen molar-refractivity contribution in [1.82, 2.24) is 0 Å². The lowest BCUT2D eigenvalue weighted by atomic mass is 10.2. The summed E-state index contributed by atoms with van der Waals surface area (Å²) in [4.78, 5) is 17.9. The third kappa shape index (κ3) is 2.73. The number of hydrogen-bond donors (Lipinski definition) is 1. The molecule has 1 aliphatic heterocycles. The van der Waals surface area contributed by atoms with Gasteiger partial charge in [0.25, 0.3) is 11.7 Å². The second-order valence-corrected chi connectivity index (χ2v) is 5.77. The Balaban J connectivity index is 1.86. The van der Waals surface area contributed by atoms with E-state index in [9.17, 15) is 4.79 Å². The van der Waals surface area contributed by atoms with Crippen LogP contribution in [-0.2, 0) is 0 Å². The number of H-pyrrole nitrogens is 1. The van der Waals surface area contributed by atoms with E-state index in [2.05, 4.69) is 21.3 Å². The van der Waals surface area contributed by atoms with Crippen molar-refractivity contribution >= 4 is 28.1 Å². The van der Waals surface area contributed by atoms with E-state index in [1.54, 1.807) is 17.5 Å². The highest BCUT2D eigenvalue weighted by atomic mass is 32.1. The van der Waals surface area contributed by atoms with Gasteiger partial charge in [-0.15, -0.1) is 11.3 Å². The number of carbonyl (C=O) groups is 1. The molecule has 0 saturated carbocycles. The molecule has 3 heterocycles. The summed E-state index contributed by atoms with van der Waals surface area (Å²) in [6.45, 7) is 1.92. The first-order chi connectivity index (χ1) is 10.3. The highest BCUT2D eigenvalue weighted by molar-refractivity contribution is 7.14. The number of aromatic nitrogens is 1. The van der Waals surface area contributed by atoms with Crippen LogP contribution in [0.2, 0.25) is 0 Å². The van der Waals surface area contributed by atoms with Gasteiger partial charge in [-0.1, -0.05) is 0 Å². The van der Waals surface area contributed by atoms with Crippen molar-refractivity contribution in [2.45, 2.75) is 12.8 Å². The normalized spacial score (nSPS) is 14.0. The maximum absolute atomic E-state index is 12.5. The predicted octanol–water partition coefficient (Wildman–Crippen LogP) is 2.29. The highest BCUT2D eigenvalue weighted by Crippen LogP contribution is 2.25. The molecule has 1 amide bonds. The minimum Gasteiger partial charge on any atom is -0.312 e. The van der Waals surface area contributed by atoms with Gasteiger partial charge >= 0.3 is 0 Å².